The van der Waals surface area contributed by atoms with Gasteiger partial charge in [-0.1, -0.05) is 66.7 Å². The van der Waals surface area contributed by atoms with Gasteiger partial charge in [-0.25, -0.2) is 4.79 Å². The first-order chi connectivity index (χ1) is 19.6. The molecule has 0 bridgehead atoms. The highest BCUT2D eigenvalue weighted by Crippen LogP contribution is 2.32. The first kappa shape index (κ1) is 27.7. The summed E-state index contributed by atoms with van der Waals surface area (Å²) in [7, 11) is 1.52. The molecule has 4 rings (SSSR count). The molecule has 1 atom stereocenters. The summed E-state index contributed by atoms with van der Waals surface area (Å²) in [4.78, 5) is 30.7. The summed E-state index contributed by atoms with van der Waals surface area (Å²) in [5, 5.41) is 12.3. The molecule has 0 saturated heterocycles. The van der Waals surface area contributed by atoms with Crippen LogP contribution in [0.3, 0.4) is 0 Å². The van der Waals surface area contributed by atoms with E-state index in [1.807, 2.05) is 60.7 Å². The summed E-state index contributed by atoms with van der Waals surface area (Å²) in [5.74, 6) is -0.193. The number of nitrogens with one attached hydrogen (secondary N) is 2. The molecule has 0 saturated carbocycles. The van der Waals surface area contributed by atoms with E-state index in [1.165, 1.54) is 7.11 Å². The Morgan fingerprint density at radius 2 is 1.52 bits per heavy atom. The maximum Gasteiger partial charge on any atom is 0.332 e. The van der Waals surface area contributed by atoms with Gasteiger partial charge in [-0.3, -0.25) is 4.79 Å². The molecule has 0 aliphatic heterocycles. The van der Waals surface area contributed by atoms with Gasteiger partial charge in [0.05, 0.1) is 25.2 Å². The van der Waals surface area contributed by atoms with Gasteiger partial charge in [-0.15, -0.1) is 0 Å². The summed E-state index contributed by atoms with van der Waals surface area (Å²) in [6.07, 6.45) is 0.601. The summed E-state index contributed by atoms with van der Waals surface area (Å²) in [6.45, 7) is 0.350. The zero-order valence-corrected chi connectivity index (χ0v) is 22.0. The molecule has 2 N–H and O–H groups in total. The van der Waals surface area contributed by atoms with Crippen LogP contribution in [0.2, 0.25) is 0 Å². The Labute approximate surface area is 233 Å². The van der Waals surface area contributed by atoms with Crippen LogP contribution in [-0.2, 0) is 27.5 Å². The largest absolute Gasteiger partial charge is 0.493 e. The molecule has 0 aliphatic carbocycles. The molecule has 8 nitrogen and oxygen atoms in total. The van der Waals surface area contributed by atoms with E-state index in [2.05, 4.69) is 16.9 Å². The lowest BCUT2D eigenvalue weighted by Crippen LogP contribution is -2.35. The van der Waals surface area contributed by atoms with Crippen molar-refractivity contribution in [3.63, 3.8) is 0 Å². The lowest BCUT2D eigenvalue weighted by Gasteiger charge is -2.21. The standard InChI is InChI=1S/C32H29N3O5/c1-38-29-20-26(15-18-28(29)39-22-25-10-6-3-7-11-25)31(34-27-16-12-24(21-33)13-17-27)32(37)35-40-30(36)19-14-23-8-4-2-5-9-23/h2-13,15-18,20,31,34H,14,19,22H2,1H3,(H,35,37)/t31-/m0/s1. The molecule has 4 aromatic carbocycles. The Morgan fingerprint density at radius 1 is 0.850 bits per heavy atom. The molecule has 0 radical (unpaired) electrons. The number of aryl methyl sites for hydroxylation is 1. The van der Waals surface area contributed by atoms with E-state index in [0.717, 1.165) is 11.1 Å². The quantitative estimate of drug-likeness (QED) is 0.244. The molecule has 0 heterocycles. The fourth-order valence-electron chi connectivity index (χ4n) is 3.93. The van der Waals surface area contributed by atoms with Crippen molar-refractivity contribution in [2.75, 3.05) is 12.4 Å². The zero-order valence-electron chi connectivity index (χ0n) is 22.0. The Hall–Kier alpha value is -5.29. The van der Waals surface area contributed by atoms with Crippen LogP contribution >= 0.6 is 0 Å². The van der Waals surface area contributed by atoms with Crippen molar-refractivity contribution in [2.45, 2.75) is 25.5 Å². The summed E-state index contributed by atoms with van der Waals surface area (Å²) >= 11 is 0. The number of anilines is 1. The molecule has 1 amide bonds. The predicted octanol–water partition coefficient (Wildman–Crippen LogP) is 5.51. The SMILES string of the molecule is COc1cc([C@H](Nc2ccc(C#N)cc2)C(=O)NOC(=O)CCc2ccccc2)ccc1OCc1ccccc1. The minimum absolute atomic E-state index is 0.110. The number of carbonyl (C=O) groups excluding carboxylic acids is 2. The van der Waals surface area contributed by atoms with E-state index in [-0.39, 0.29) is 6.42 Å². The number of amides is 1. The maximum absolute atomic E-state index is 13.3. The van der Waals surface area contributed by atoms with Crippen LogP contribution in [0, 0.1) is 11.3 Å². The predicted molar refractivity (Wildman–Crippen MR) is 150 cm³/mol. The molecule has 8 heteroatoms. The Kier molecular flexibility index (Phi) is 9.73. The van der Waals surface area contributed by atoms with Gasteiger partial charge in [0, 0.05) is 5.69 Å². The fourth-order valence-corrected chi connectivity index (χ4v) is 3.93. The normalized spacial score (nSPS) is 11.0. The molecule has 4 aromatic rings. The monoisotopic (exact) mass is 535 g/mol. The summed E-state index contributed by atoms with van der Waals surface area (Å²) in [5.41, 5.74) is 5.91. The number of methoxy groups -OCH3 is 1. The van der Waals surface area contributed by atoms with Crippen LogP contribution in [0.1, 0.15) is 34.7 Å². The lowest BCUT2D eigenvalue weighted by molar-refractivity contribution is -0.158. The first-order valence-electron chi connectivity index (χ1n) is 12.7. The van der Waals surface area contributed by atoms with Gasteiger partial charge >= 0.3 is 5.97 Å². The number of benzene rings is 4. The number of carbonyl (C=O) groups is 2. The van der Waals surface area contributed by atoms with Crippen LogP contribution in [0.4, 0.5) is 5.69 Å². The van der Waals surface area contributed by atoms with Crippen molar-refractivity contribution < 1.29 is 23.9 Å². The van der Waals surface area contributed by atoms with Crippen LogP contribution < -0.4 is 20.3 Å². The molecule has 40 heavy (non-hydrogen) atoms. The Morgan fingerprint density at radius 3 is 2.17 bits per heavy atom. The zero-order chi connectivity index (χ0) is 28.2. The summed E-state index contributed by atoms with van der Waals surface area (Å²) in [6, 6.07) is 32.2. The first-order valence-corrected chi connectivity index (χ1v) is 12.7. The highest BCUT2D eigenvalue weighted by atomic mass is 16.7. The second-order valence-electron chi connectivity index (χ2n) is 8.88. The van der Waals surface area contributed by atoms with E-state index in [0.29, 0.717) is 41.3 Å². The lowest BCUT2D eigenvalue weighted by atomic mass is 10.0. The summed E-state index contributed by atoms with van der Waals surface area (Å²) < 4.78 is 11.5. The van der Waals surface area contributed by atoms with Crippen LogP contribution in [0.15, 0.2) is 103 Å². The number of nitrogens with zero attached hydrogens (tertiary/aromatic N) is 1. The molecule has 0 aromatic heterocycles. The third-order valence-electron chi connectivity index (χ3n) is 6.07. The van der Waals surface area contributed by atoms with Crippen molar-refractivity contribution in [3.8, 4) is 17.6 Å². The number of hydrogen-bond donors (Lipinski definition) is 2. The fraction of sp³-hybridized carbons (Fsp3) is 0.156. The maximum atomic E-state index is 13.3. The number of nitriles is 1. The van der Waals surface area contributed by atoms with Gasteiger partial charge < -0.3 is 19.6 Å². The topological polar surface area (TPSA) is 110 Å². The van der Waals surface area contributed by atoms with E-state index in [1.54, 1.807) is 42.5 Å². The van der Waals surface area contributed by atoms with Crippen molar-refractivity contribution in [3.05, 3.63) is 125 Å². The Bertz CT molecular complexity index is 1450. The average molecular weight is 536 g/mol. The number of ether oxygens (including phenoxy) is 2. The molecular weight excluding hydrogens is 506 g/mol. The van der Waals surface area contributed by atoms with Crippen molar-refractivity contribution in [1.82, 2.24) is 5.48 Å². The number of hydroxylamine groups is 1. The third-order valence-corrected chi connectivity index (χ3v) is 6.07. The average Bonchev–Trinajstić information content (AvgIpc) is 3.01. The highest BCUT2D eigenvalue weighted by Gasteiger charge is 2.24. The van der Waals surface area contributed by atoms with Gasteiger partial charge in [0.1, 0.15) is 12.6 Å². The Balaban J connectivity index is 1.48. The van der Waals surface area contributed by atoms with Gasteiger partial charge in [-0.05, 0) is 59.5 Å². The van der Waals surface area contributed by atoms with Gasteiger partial charge in [-0.2, -0.15) is 10.7 Å². The van der Waals surface area contributed by atoms with Crippen LogP contribution in [0.25, 0.3) is 0 Å². The molecule has 0 aliphatic rings. The van der Waals surface area contributed by atoms with Crippen molar-refractivity contribution >= 4 is 17.6 Å². The number of hydrogen-bond acceptors (Lipinski definition) is 7. The van der Waals surface area contributed by atoms with Gasteiger partial charge in [0.2, 0.25) is 0 Å². The van der Waals surface area contributed by atoms with Gasteiger partial charge in [0.15, 0.2) is 11.5 Å². The van der Waals surface area contributed by atoms with E-state index in [9.17, 15) is 9.59 Å². The molecule has 0 fully saturated rings. The smallest absolute Gasteiger partial charge is 0.332 e. The van der Waals surface area contributed by atoms with Crippen LogP contribution in [-0.4, -0.2) is 19.0 Å². The molecule has 0 unspecified atom stereocenters. The van der Waals surface area contributed by atoms with Gasteiger partial charge in [0.25, 0.3) is 5.91 Å². The molecule has 202 valence electrons. The van der Waals surface area contributed by atoms with E-state index in [4.69, 9.17) is 19.6 Å². The van der Waals surface area contributed by atoms with Crippen molar-refractivity contribution in [2.24, 2.45) is 0 Å². The van der Waals surface area contributed by atoms with E-state index >= 15 is 0 Å². The second kappa shape index (κ2) is 14.0. The minimum atomic E-state index is -0.952. The van der Waals surface area contributed by atoms with E-state index < -0.39 is 17.9 Å². The molecular formula is C32H29N3O5. The van der Waals surface area contributed by atoms with Crippen molar-refractivity contribution in [1.29, 1.82) is 5.26 Å². The van der Waals surface area contributed by atoms with Crippen LogP contribution in [0.5, 0.6) is 11.5 Å². The minimum Gasteiger partial charge on any atom is -0.493 e. The second-order valence-corrected chi connectivity index (χ2v) is 8.88. The third kappa shape index (κ3) is 7.85. The highest BCUT2D eigenvalue weighted by molar-refractivity contribution is 5.86. The number of rotatable bonds is 11. The molecule has 0 spiro atoms.